The Kier molecular flexibility index (Phi) is 6.06. The zero-order valence-electron chi connectivity index (χ0n) is 21.6. The van der Waals surface area contributed by atoms with E-state index < -0.39 is 0 Å². The van der Waals surface area contributed by atoms with E-state index in [4.69, 9.17) is 4.98 Å². The van der Waals surface area contributed by atoms with Gasteiger partial charge in [0, 0.05) is 23.6 Å². The molecule has 0 fully saturated rings. The molecule has 0 saturated heterocycles. The van der Waals surface area contributed by atoms with Gasteiger partial charge in [-0.2, -0.15) is 12.1 Å². The summed E-state index contributed by atoms with van der Waals surface area (Å²) in [5.41, 5.74) is 6.46. The standard InChI is InChI=1S/C34H22N5O.Pt/c40-33-17-9-8-16-31(33)37-21-20-36(23-37)25-18-19-27-26-12-4-6-14-29(26)39(32(27)22-25)34-35-28-13-5-7-15-30(28)38(34)24-10-2-1-3-11-24;/h1-21,40H;/q-1;+2. The summed E-state index contributed by atoms with van der Waals surface area (Å²) in [6.07, 6.45) is 7.10. The largest absolute Gasteiger partial charge is 2.00 e. The number of para-hydroxylation sites is 6. The molecule has 7 heteroatoms. The van der Waals surface area contributed by atoms with Crippen LogP contribution in [0, 0.1) is 12.4 Å². The van der Waals surface area contributed by atoms with E-state index in [2.05, 4.69) is 70.1 Å². The van der Waals surface area contributed by atoms with Crippen LogP contribution >= 0.6 is 0 Å². The summed E-state index contributed by atoms with van der Waals surface area (Å²) in [4.78, 5) is 5.15. The van der Waals surface area contributed by atoms with Gasteiger partial charge in [-0.3, -0.25) is 9.13 Å². The summed E-state index contributed by atoms with van der Waals surface area (Å²) in [7, 11) is 0. The van der Waals surface area contributed by atoms with Crippen molar-refractivity contribution in [2.45, 2.75) is 0 Å². The van der Waals surface area contributed by atoms with E-state index in [0.29, 0.717) is 5.69 Å². The fourth-order valence-electron chi connectivity index (χ4n) is 5.48. The van der Waals surface area contributed by atoms with Crippen molar-refractivity contribution >= 4 is 32.8 Å². The van der Waals surface area contributed by atoms with Crippen molar-refractivity contribution in [3.63, 3.8) is 0 Å². The van der Waals surface area contributed by atoms with Crippen LogP contribution in [-0.4, -0.2) is 23.8 Å². The molecule has 198 valence electrons. The van der Waals surface area contributed by atoms with Crippen molar-refractivity contribution in [3.8, 4) is 28.8 Å². The molecule has 8 rings (SSSR count). The van der Waals surface area contributed by atoms with Gasteiger partial charge in [0.15, 0.2) is 0 Å². The number of aromatic hydroxyl groups is 1. The molecule has 0 aliphatic heterocycles. The van der Waals surface area contributed by atoms with Gasteiger partial charge in [0.05, 0.1) is 11.0 Å². The van der Waals surface area contributed by atoms with Gasteiger partial charge in [0.2, 0.25) is 5.95 Å². The number of imidazole rings is 2. The Hall–Kier alpha value is -4.93. The first-order valence-corrected chi connectivity index (χ1v) is 13.1. The summed E-state index contributed by atoms with van der Waals surface area (Å²) >= 11 is 0. The first-order valence-electron chi connectivity index (χ1n) is 13.1. The second-order valence-corrected chi connectivity index (χ2v) is 9.66. The van der Waals surface area contributed by atoms with Gasteiger partial charge in [0.25, 0.3) is 6.33 Å². The Bertz CT molecular complexity index is 2190. The number of nitrogens with zero attached hydrogens (tertiary/aromatic N) is 5. The van der Waals surface area contributed by atoms with Gasteiger partial charge in [-0.05, 0) is 53.5 Å². The number of hydrogen-bond donors (Lipinski definition) is 1. The minimum atomic E-state index is 0. The van der Waals surface area contributed by atoms with Crippen LogP contribution < -0.4 is 4.57 Å². The second-order valence-electron chi connectivity index (χ2n) is 9.66. The maximum absolute atomic E-state index is 10.3. The van der Waals surface area contributed by atoms with E-state index in [-0.39, 0.29) is 26.8 Å². The SMILES string of the molecule is Oc1ccccc1-n1[c-][n+](-c2[c-]c3c(cc2)c2ccccc2n3-c2nc3ccccc3n2-c2ccccc2)cc1.[Pt+2]. The fraction of sp³-hybridized carbons (Fsp3) is 0. The van der Waals surface area contributed by atoms with Crippen LogP contribution in [0.4, 0.5) is 0 Å². The molecule has 0 radical (unpaired) electrons. The number of benzene rings is 5. The monoisotopic (exact) mass is 711 g/mol. The molecule has 0 unspecified atom stereocenters. The van der Waals surface area contributed by atoms with Crippen LogP contribution in [0.15, 0.2) is 128 Å². The molecular formula is C34H22N5OPt+. The van der Waals surface area contributed by atoms with Crippen molar-refractivity contribution < 1.29 is 30.7 Å². The summed E-state index contributed by atoms with van der Waals surface area (Å²) in [6.45, 7) is 0. The molecule has 8 aromatic rings. The number of rotatable bonds is 4. The Morgan fingerprint density at radius 1 is 0.683 bits per heavy atom. The predicted molar refractivity (Wildman–Crippen MR) is 156 cm³/mol. The van der Waals surface area contributed by atoms with E-state index in [1.807, 2.05) is 71.6 Å². The van der Waals surface area contributed by atoms with Gasteiger partial charge >= 0.3 is 21.1 Å². The van der Waals surface area contributed by atoms with Crippen LogP contribution in [0.2, 0.25) is 0 Å². The summed E-state index contributed by atoms with van der Waals surface area (Å²) in [5.74, 6) is 0.994. The zero-order valence-corrected chi connectivity index (χ0v) is 23.9. The Morgan fingerprint density at radius 2 is 1.41 bits per heavy atom. The number of fused-ring (bicyclic) bond motifs is 4. The third-order valence-corrected chi connectivity index (χ3v) is 7.31. The maximum Gasteiger partial charge on any atom is 2.00 e. The van der Waals surface area contributed by atoms with E-state index in [9.17, 15) is 5.11 Å². The first-order chi connectivity index (χ1) is 19.8. The van der Waals surface area contributed by atoms with E-state index in [1.54, 1.807) is 16.7 Å². The minimum Gasteiger partial charge on any atom is -0.511 e. The Morgan fingerprint density at radius 3 is 2.27 bits per heavy atom. The molecule has 3 heterocycles. The molecule has 1 N–H and O–H groups in total. The number of phenolic OH excluding ortho intramolecular Hbond substituents is 1. The van der Waals surface area contributed by atoms with Gasteiger partial charge in [-0.15, -0.1) is 11.5 Å². The van der Waals surface area contributed by atoms with Crippen molar-refractivity contribution in [2.24, 2.45) is 0 Å². The van der Waals surface area contributed by atoms with Crippen molar-refractivity contribution in [2.75, 3.05) is 0 Å². The van der Waals surface area contributed by atoms with Crippen LogP contribution in [-0.2, 0) is 21.1 Å². The van der Waals surface area contributed by atoms with Gasteiger partial charge < -0.3 is 14.2 Å². The molecule has 0 spiro atoms. The van der Waals surface area contributed by atoms with E-state index >= 15 is 0 Å². The van der Waals surface area contributed by atoms with Gasteiger partial charge in [0.1, 0.15) is 11.4 Å². The molecule has 41 heavy (non-hydrogen) atoms. The van der Waals surface area contributed by atoms with Gasteiger partial charge in [-0.25, -0.2) is 4.98 Å². The fourth-order valence-corrected chi connectivity index (χ4v) is 5.48. The third-order valence-electron chi connectivity index (χ3n) is 7.31. The van der Waals surface area contributed by atoms with Crippen LogP contribution in [0.25, 0.3) is 55.8 Å². The molecule has 5 aromatic carbocycles. The van der Waals surface area contributed by atoms with E-state index in [1.165, 1.54) is 0 Å². The molecule has 3 aromatic heterocycles. The summed E-state index contributed by atoms with van der Waals surface area (Å²) in [6, 6.07) is 42.0. The molecule has 0 amide bonds. The normalized spacial score (nSPS) is 11.3. The third kappa shape index (κ3) is 3.99. The van der Waals surface area contributed by atoms with Crippen LogP contribution in [0.1, 0.15) is 0 Å². The number of phenols is 1. The van der Waals surface area contributed by atoms with Crippen molar-refractivity contribution in [3.05, 3.63) is 140 Å². The summed E-state index contributed by atoms with van der Waals surface area (Å²) in [5, 5.41) is 12.6. The number of hydrogen-bond acceptors (Lipinski definition) is 2. The first kappa shape index (κ1) is 25.1. The predicted octanol–water partition coefficient (Wildman–Crippen LogP) is 6.49. The average molecular weight is 712 g/mol. The zero-order chi connectivity index (χ0) is 26.6. The smallest absolute Gasteiger partial charge is 0.511 e. The molecule has 0 atom stereocenters. The molecular weight excluding hydrogens is 689 g/mol. The van der Waals surface area contributed by atoms with Crippen molar-refractivity contribution in [1.29, 1.82) is 0 Å². The summed E-state index contributed by atoms with van der Waals surface area (Å²) < 4.78 is 8.06. The average Bonchev–Trinajstić information content (AvgIpc) is 3.71. The molecule has 0 bridgehead atoms. The van der Waals surface area contributed by atoms with Crippen LogP contribution in [0.5, 0.6) is 5.75 Å². The molecule has 0 aliphatic carbocycles. The van der Waals surface area contributed by atoms with Gasteiger partial charge in [-0.1, -0.05) is 66.2 Å². The maximum atomic E-state index is 10.3. The molecule has 0 saturated carbocycles. The quantitative estimate of drug-likeness (QED) is 0.168. The molecule has 0 aliphatic rings. The second kappa shape index (κ2) is 9.92. The molecule has 6 nitrogen and oxygen atoms in total. The topological polar surface area (TPSA) is 51.8 Å². The van der Waals surface area contributed by atoms with Crippen molar-refractivity contribution in [1.82, 2.24) is 18.7 Å². The number of aromatic nitrogens is 5. The minimum absolute atomic E-state index is 0. The Balaban J connectivity index is 0.00000276. The van der Waals surface area contributed by atoms with Crippen LogP contribution in [0.3, 0.4) is 0 Å². The Labute approximate surface area is 250 Å². The van der Waals surface area contributed by atoms with E-state index in [0.717, 1.165) is 50.2 Å².